The van der Waals surface area contributed by atoms with Crippen LogP contribution in [0.3, 0.4) is 0 Å². The van der Waals surface area contributed by atoms with E-state index in [0.717, 1.165) is 11.3 Å². The van der Waals surface area contributed by atoms with Crippen LogP contribution in [0.4, 0.5) is 5.69 Å². The van der Waals surface area contributed by atoms with Crippen LogP contribution >= 0.6 is 11.6 Å². The summed E-state index contributed by atoms with van der Waals surface area (Å²) in [7, 11) is 1.47. The van der Waals surface area contributed by atoms with Gasteiger partial charge in [0.1, 0.15) is 6.54 Å². The average Bonchev–Trinajstić information content (AvgIpc) is 3.31. The Bertz CT molecular complexity index is 869. The van der Waals surface area contributed by atoms with Crippen LogP contribution in [0.2, 0.25) is 5.02 Å². The molecule has 2 bridgehead atoms. The fraction of sp³-hybridized carbons (Fsp3) is 0.400. The minimum absolute atomic E-state index is 0.104. The predicted octanol–water partition coefficient (Wildman–Crippen LogP) is 1.54. The van der Waals surface area contributed by atoms with Crippen molar-refractivity contribution in [3.05, 3.63) is 41.4 Å². The van der Waals surface area contributed by atoms with Crippen LogP contribution in [0.15, 0.2) is 36.4 Å². The molecule has 146 valence electrons. The fourth-order valence-electron chi connectivity index (χ4n) is 4.45. The lowest BCUT2D eigenvalue weighted by Crippen LogP contribution is -2.44. The second kappa shape index (κ2) is 7.05. The number of nitrogens with one attached hydrogen (secondary N) is 1. The van der Waals surface area contributed by atoms with Crippen molar-refractivity contribution in [1.82, 2.24) is 9.80 Å². The van der Waals surface area contributed by atoms with E-state index in [2.05, 4.69) is 5.32 Å². The number of likely N-dealkylation sites (N-methyl/N-ethyl adjacent to an activating group) is 1. The van der Waals surface area contributed by atoms with E-state index in [1.807, 2.05) is 12.2 Å². The van der Waals surface area contributed by atoms with E-state index in [1.165, 1.54) is 11.9 Å². The van der Waals surface area contributed by atoms with Crippen LogP contribution in [0.1, 0.15) is 6.42 Å². The molecule has 4 atom stereocenters. The first-order chi connectivity index (χ1) is 13.3. The van der Waals surface area contributed by atoms with Gasteiger partial charge in [-0.25, -0.2) is 0 Å². The third-order valence-electron chi connectivity index (χ3n) is 5.77. The van der Waals surface area contributed by atoms with Crippen molar-refractivity contribution in [2.75, 3.05) is 25.5 Å². The van der Waals surface area contributed by atoms with Crippen LogP contribution < -0.4 is 5.32 Å². The van der Waals surface area contributed by atoms with Gasteiger partial charge in [0.05, 0.1) is 18.4 Å². The second-order valence-electron chi connectivity index (χ2n) is 7.57. The number of allylic oxidation sites excluding steroid dienone is 2. The van der Waals surface area contributed by atoms with Crippen molar-refractivity contribution in [2.45, 2.75) is 6.42 Å². The van der Waals surface area contributed by atoms with Gasteiger partial charge in [0.15, 0.2) is 0 Å². The lowest BCUT2D eigenvalue weighted by Gasteiger charge is -2.21. The topological polar surface area (TPSA) is 86.8 Å². The molecule has 1 aromatic rings. The van der Waals surface area contributed by atoms with Gasteiger partial charge in [-0.2, -0.15) is 0 Å². The number of hydrogen-bond donors (Lipinski definition) is 1. The molecule has 1 heterocycles. The number of rotatable bonds is 5. The van der Waals surface area contributed by atoms with Gasteiger partial charge in [-0.15, -0.1) is 0 Å². The van der Waals surface area contributed by atoms with Gasteiger partial charge >= 0.3 is 0 Å². The zero-order valence-electron chi connectivity index (χ0n) is 15.3. The molecule has 4 unspecified atom stereocenters. The van der Waals surface area contributed by atoms with Crippen molar-refractivity contribution in [2.24, 2.45) is 23.7 Å². The molecule has 1 saturated carbocycles. The number of anilines is 1. The Hall–Kier alpha value is -2.67. The average molecular weight is 402 g/mol. The largest absolute Gasteiger partial charge is 0.335 e. The fourth-order valence-corrected chi connectivity index (χ4v) is 4.64. The zero-order chi connectivity index (χ0) is 20.0. The molecule has 1 aliphatic heterocycles. The predicted molar refractivity (Wildman–Crippen MR) is 102 cm³/mol. The number of amides is 4. The molecule has 4 amide bonds. The molecule has 1 saturated heterocycles. The molecule has 4 rings (SSSR count). The number of nitrogens with zero attached hydrogens (tertiary/aromatic N) is 2. The molecule has 1 aromatic carbocycles. The summed E-state index contributed by atoms with van der Waals surface area (Å²) < 4.78 is 0. The first-order valence-corrected chi connectivity index (χ1v) is 9.56. The Labute approximate surface area is 167 Å². The maximum Gasteiger partial charge on any atom is 0.243 e. The minimum Gasteiger partial charge on any atom is -0.335 e. The Morgan fingerprint density at radius 1 is 1.18 bits per heavy atom. The van der Waals surface area contributed by atoms with Crippen LogP contribution in [0.25, 0.3) is 0 Å². The molecule has 0 radical (unpaired) electrons. The molecule has 0 aromatic heterocycles. The number of carbonyl (C=O) groups is 4. The Balaban J connectivity index is 1.34. The van der Waals surface area contributed by atoms with Crippen LogP contribution in [0, 0.1) is 23.7 Å². The molecular formula is C20H20ClN3O4. The van der Waals surface area contributed by atoms with E-state index in [0.29, 0.717) is 10.7 Å². The van der Waals surface area contributed by atoms with Gasteiger partial charge in [-0.05, 0) is 36.5 Å². The summed E-state index contributed by atoms with van der Waals surface area (Å²) in [6, 6.07) is 6.68. The summed E-state index contributed by atoms with van der Waals surface area (Å²) in [5.41, 5.74) is 0.527. The van der Waals surface area contributed by atoms with E-state index in [1.54, 1.807) is 24.3 Å². The molecule has 7 nitrogen and oxygen atoms in total. The zero-order valence-corrected chi connectivity index (χ0v) is 16.1. The van der Waals surface area contributed by atoms with Gasteiger partial charge in [-0.1, -0.05) is 29.8 Å². The van der Waals surface area contributed by atoms with E-state index < -0.39 is 11.8 Å². The summed E-state index contributed by atoms with van der Waals surface area (Å²) >= 11 is 5.88. The SMILES string of the molecule is CN(CC(=O)Nc1cccc(Cl)c1)C(=O)CN1C(=O)C2C3C=CC(C3)C2C1=O. The third-order valence-corrected chi connectivity index (χ3v) is 6.01. The van der Waals surface area contributed by atoms with Gasteiger partial charge in [0.25, 0.3) is 0 Å². The standard InChI is InChI=1S/C20H20ClN3O4/c1-23(9-15(25)22-14-4-2-3-13(21)8-14)16(26)10-24-19(27)17-11-5-6-12(7-11)18(17)20(24)28/h2-6,8,11-12,17-18H,7,9-10H2,1H3,(H,22,25). The van der Waals surface area contributed by atoms with Crippen LogP contribution in [0.5, 0.6) is 0 Å². The molecule has 3 aliphatic rings. The van der Waals surface area contributed by atoms with Gasteiger partial charge in [0, 0.05) is 17.8 Å². The molecule has 28 heavy (non-hydrogen) atoms. The van der Waals surface area contributed by atoms with Gasteiger partial charge in [-0.3, -0.25) is 24.1 Å². The van der Waals surface area contributed by atoms with E-state index in [-0.39, 0.29) is 48.6 Å². The number of likely N-dealkylation sites (tertiary alicyclic amines) is 1. The monoisotopic (exact) mass is 401 g/mol. The summed E-state index contributed by atoms with van der Waals surface area (Å²) in [5.74, 6) is -1.83. The quantitative estimate of drug-likeness (QED) is 0.599. The lowest BCUT2D eigenvalue weighted by molar-refractivity contribution is -0.147. The Morgan fingerprint density at radius 2 is 1.82 bits per heavy atom. The van der Waals surface area contributed by atoms with Crippen molar-refractivity contribution in [3.63, 3.8) is 0 Å². The van der Waals surface area contributed by atoms with Crippen LogP contribution in [-0.4, -0.2) is 53.6 Å². The highest BCUT2D eigenvalue weighted by molar-refractivity contribution is 6.30. The Kier molecular flexibility index (Phi) is 4.71. The number of hydrogen-bond acceptors (Lipinski definition) is 4. The van der Waals surface area contributed by atoms with Crippen molar-refractivity contribution >= 4 is 40.9 Å². The normalized spacial score (nSPS) is 27.3. The van der Waals surface area contributed by atoms with Gasteiger partial charge in [0.2, 0.25) is 23.6 Å². The number of benzene rings is 1. The smallest absolute Gasteiger partial charge is 0.243 e. The van der Waals surface area contributed by atoms with Crippen molar-refractivity contribution < 1.29 is 19.2 Å². The highest BCUT2D eigenvalue weighted by atomic mass is 35.5. The first-order valence-electron chi connectivity index (χ1n) is 9.18. The summed E-state index contributed by atoms with van der Waals surface area (Å²) in [6.07, 6.45) is 4.86. The number of halogens is 1. The summed E-state index contributed by atoms with van der Waals surface area (Å²) in [4.78, 5) is 52.2. The number of carbonyl (C=O) groups excluding carboxylic acids is 4. The van der Waals surface area contributed by atoms with Crippen molar-refractivity contribution in [3.8, 4) is 0 Å². The highest BCUT2D eigenvalue weighted by Gasteiger charge is 2.59. The molecule has 2 fully saturated rings. The molecule has 1 N–H and O–H groups in total. The first kappa shape index (κ1) is 18.7. The van der Waals surface area contributed by atoms with Crippen LogP contribution in [-0.2, 0) is 19.2 Å². The lowest BCUT2D eigenvalue weighted by atomic mass is 9.85. The molecular weight excluding hydrogens is 382 g/mol. The van der Waals surface area contributed by atoms with E-state index in [4.69, 9.17) is 11.6 Å². The second-order valence-corrected chi connectivity index (χ2v) is 8.01. The Morgan fingerprint density at radius 3 is 2.43 bits per heavy atom. The maximum absolute atomic E-state index is 12.6. The van der Waals surface area contributed by atoms with E-state index >= 15 is 0 Å². The molecule has 0 spiro atoms. The van der Waals surface area contributed by atoms with E-state index in [9.17, 15) is 19.2 Å². The van der Waals surface area contributed by atoms with Gasteiger partial charge < -0.3 is 10.2 Å². The minimum atomic E-state index is -0.455. The molecule has 2 aliphatic carbocycles. The number of fused-ring (bicyclic) bond motifs is 5. The summed E-state index contributed by atoms with van der Waals surface area (Å²) in [6.45, 7) is -0.522. The third kappa shape index (κ3) is 3.20. The molecule has 8 heteroatoms. The van der Waals surface area contributed by atoms with Crippen molar-refractivity contribution in [1.29, 1.82) is 0 Å². The highest BCUT2D eigenvalue weighted by Crippen LogP contribution is 2.52. The maximum atomic E-state index is 12.6. The summed E-state index contributed by atoms with van der Waals surface area (Å²) in [5, 5.41) is 3.15. The number of imide groups is 1.